The van der Waals surface area contributed by atoms with Crippen LogP contribution >= 0.6 is 0 Å². The van der Waals surface area contributed by atoms with Crippen molar-refractivity contribution in [3.05, 3.63) is 30.0 Å². The Bertz CT molecular complexity index is 691. The van der Waals surface area contributed by atoms with Gasteiger partial charge in [0.2, 0.25) is 12.7 Å². The molecule has 1 N–H and O–H groups in total. The van der Waals surface area contributed by atoms with E-state index in [-0.39, 0.29) is 6.79 Å². The third-order valence-corrected chi connectivity index (χ3v) is 3.77. The van der Waals surface area contributed by atoms with Gasteiger partial charge in [-0.2, -0.15) is 10.1 Å². The van der Waals surface area contributed by atoms with E-state index in [1.807, 2.05) is 18.2 Å². The highest BCUT2D eigenvalue weighted by atomic mass is 16.7. The van der Waals surface area contributed by atoms with Gasteiger partial charge in [0.15, 0.2) is 17.3 Å². The minimum Gasteiger partial charge on any atom is -0.454 e. The summed E-state index contributed by atoms with van der Waals surface area (Å²) in [5.74, 6) is 2.87. The van der Waals surface area contributed by atoms with Gasteiger partial charge in [-0.25, -0.2) is 0 Å². The van der Waals surface area contributed by atoms with E-state index in [0.717, 1.165) is 36.0 Å². The highest BCUT2D eigenvalue weighted by Gasteiger charge is 2.15. The first kappa shape index (κ1) is 14.0. The second-order valence-corrected chi connectivity index (χ2v) is 5.28. The Morgan fingerprint density at radius 2 is 2.00 bits per heavy atom. The zero-order valence-corrected chi connectivity index (χ0v) is 12.6. The van der Waals surface area contributed by atoms with Crippen LogP contribution in [-0.4, -0.2) is 48.3 Å². The molecule has 2 aliphatic rings. The molecular formula is C15H17N5O3. The van der Waals surface area contributed by atoms with Crippen LogP contribution in [0.2, 0.25) is 0 Å². The summed E-state index contributed by atoms with van der Waals surface area (Å²) >= 11 is 0. The molecule has 8 nitrogen and oxygen atoms in total. The molecule has 1 aromatic heterocycles. The Labute approximate surface area is 133 Å². The predicted molar refractivity (Wildman–Crippen MR) is 82.8 cm³/mol. The van der Waals surface area contributed by atoms with Gasteiger partial charge in [-0.1, -0.05) is 6.07 Å². The first-order valence-corrected chi connectivity index (χ1v) is 7.53. The summed E-state index contributed by atoms with van der Waals surface area (Å²) in [6, 6.07) is 5.84. The van der Waals surface area contributed by atoms with E-state index in [9.17, 15) is 0 Å². The fourth-order valence-corrected chi connectivity index (χ4v) is 2.55. The number of anilines is 2. The number of rotatable bonds is 4. The lowest BCUT2D eigenvalue weighted by Crippen LogP contribution is -2.37. The summed E-state index contributed by atoms with van der Waals surface area (Å²) in [6.07, 6.45) is 1.68. The Morgan fingerprint density at radius 1 is 1.13 bits per heavy atom. The van der Waals surface area contributed by atoms with Crippen LogP contribution in [-0.2, 0) is 11.3 Å². The zero-order valence-electron chi connectivity index (χ0n) is 12.6. The Balaban J connectivity index is 1.42. The topological polar surface area (TPSA) is 81.6 Å². The molecule has 1 fully saturated rings. The van der Waals surface area contributed by atoms with Crippen molar-refractivity contribution in [2.75, 3.05) is 43.3 Å². The van der Waals surface area contributed by atoms with Crippen LogP contribution in [0.4, 0.5) is 11.8 Å². The predicted octanol–water partition coefficient (Wildman–Crippen LogP) is 1.05. The van der Waals surface area contributed by atoms with Crippen LogP contribution < -0.4 is 19.7 Å². The third kappa shape index (κ3) is 3.11. The molecule has 0 unspecified atom stereocenters. The molecule has 23 heavy (non-hydrogen) atoms. The smallest absolute Gasteiger partial charge is 0.244 e. The van der Waals surface area contributed by atoms with Gasteiger partial charge in [0.1, 0.15) is 0 Å². The first-order valence-electron chi connectivity index (χ1n) is 7.53. The lowest BCUT2D eigenvalue weighted by molar-refractivity contribution is 0.122. The summed E-state index contributed by atoms with van der Waals surface area (Å²) in [5, 5.41) is 11.3. The molecule has 0 radical (unpaired) electrons. The molecule has 2 aromatic rings. The molecule has 0 amide bonds. The van der Waals surface area contributed by atoms with E-state index in [2.05, 4.69) is 25.4 Å². The normalized spacial score (nSPS) is 16.4. The zero-order chi connectivity index (χ0) is 15.5. The monoisotopic (exact) mass is 315 g/mol. The molecule has 0 aliphatic carbocycles. The van der Waals surface area contributed by atoms with Gasteiger partial charge < -0.3 is 24.4 Å². The van der Waals surface area contributed by atoms with Crippen molar-refractivity contribution in [2.24, 2.45) is 0 Å². The largest absolute Gasteiger partial charge is 0.454 e. The number of hydrogen-bond donors (Lipinski definition) is 1. The van der Waals surface area contributed by atoms with Crippen molar-refractivity contribution >= 4 is 11.8 Å². The van der Waals surface area contributed by atoms with Crippen molar-refractivity contribution in [1.29, 1.82) is 0 Å². The molecule has 4 rings (SSSR count). The summed E-state index contributed by atoms with van der Waals surface area (Å²) < 4.78 is 16.0. The van der Waals surface area contributed by atoms with Crippen LogP contribution in [0, 0.1) is 0 Å². The summed E-state index contributed by atoms with van der Waals surface area (Å²) in [5.41, 5.74) is 1.06. The van der Waals surface area contributed by atoms with Crippen molar-refractivity contribution in [3.8, 4) is 11.5 Å². The lowest BCUT2D eigenvalue weighted by Gasteiger charge is -2.27. The van der Waals surface area contributed by atoms with Crippen LogP contribution in [0.5, 0.6) is 11.5 Å². The molecule has 0 spiro atoms. The quantitative estimate of drug-likeness (QED) is 0.896. The summed E-state index contributed by atoms with van der Waals surface area (Å²) in [7, 11) is 0. The fourth-order valence-electron chi connectivity index (χ4n) is 2.55. The molecule has 1 saturated heterocycles. The third-order valence-electron chi connectivity index (χ3n) is 3.77. The SMILES string of the molecule is c1cc2c(cc1CNc1nncc(N3CCOCC3)n1)OCO2. The van der Waals surface area contributed by atoms with Crippen LogP contribution in [0.1, 0.15) is 5.56 Å². The lowest BCUT2D eigenvalue weighted by atomic mass is 10.2. The molecule has 0 bridgehead atoms. The maximum absolute atomic E-state index is 5.38. The number of nitrogens with zero attached hydrogens (tertiary/aromatic N) is 4. The molecule has 3 heterocycles. The standard InChI is InChI=1S/C15H17N5O3/c1-2-12-13(23-10-22-12)7-11(1)8-16-15-18-14(9-17-19-15)20-3-5-21-6-4-20/h1-2,7,9H,3-6,8,10H2,(H,16,18,19). The maximum Gasteiger partial charge on any atom is 0.244 e. The number of benzene rings is 1. The minimum absolute atomic E-state index is 0.279. The van der Waals surface area contributed by atoms with Crippen molar-refractivity contribution < 1.29 is 14.2 Å². The fraction of sp³-hybridized carbons (Fsp3) is 0.400. The van der Waals surface area contributed by atoms with E-state index in [1.54, 1.807) is 6.20 Å². The number of ether oxygens (including phenoxy) is 3. The number of morpholine rings is 1. The first-order chi connectivity index (χ1) is 11.4. The average Bonchev–Trinajstić information content (AvgIpc) is 3.09. The van der Waals surface area contributed by atoms with Crippen LogP contribution in [0.3, 0.4) is 0 Å². The van der Waals surface area contributed by atoms with Crippen LogP contribution in [0.25, 0.3) is 0 Å². The number of nitrogens with one attached hydrogen (secondary N) is 1. The molecular weight excluding hydrogens is 298 g/mol. The highest BCUT2D eigenvalue weighted by Crippen LogP contribution is 2.32. The van der Waals surface area contributed by atoms with E-state index >= 15 is 0 Å². The Hall–Kier alpha value is -2.61. The Kier molecular flexibility index (Phi) is 3.81. The van der Waals surface area contributed by atoms with Gasteiger partial charge in [0, 0.05) is 19.6 Å². The van der Waals surface area contributed by atoms with E-state index in [1.165, 1.54) is 0 Å². The van der Waals surface area contributed by atoms with E-state index in [0.29, 0.717) is 25.7 Å². The second-order valence-electron chi connectivity index (χ2n) is 5.28. The summed E-state index contributed by atoms with van der Waals surface area (Å²) in [6.45, 7) is 3.93. The van der Waals surface area contributed by atoms with Crippen molar-refractivity contribution in [2.45, 2.75) is 6.54 Å². The van der Waals surface area contributed by atoms with Gasteiger partial charge >= 0.3 is 0 Å². The second kappa shape index (κ2) is 6.25. The number of fused-ring (bicyclic) bond motifs is 1. The van der Waals surface area contributed by atoms with Gasteiger partial charge in [0.05, 0.1) is 19.4 Å². The van der Waals surface area contributed by atoms with Gasteiger partial charge in [-0.05, 0) is 17.7 Å². The van der Waals surface area contributed by atoms with Gasteiger partial charge in [0.25, 0.3) is 0 Å². The average molecular weight is 315 g/mol. The van der Waals surface area contributed by atoms with Gasteiger partial charge in [-0.15, -0.1) is 5.10 Å². The van der Waals surface area contributed by atoms with Gasteiger partial charge in [-0.3, -0.25) is 0 Å². The maximum atomic E-state index is 5.38. The summed E-state index contributed by atoms with van der Waals surface area (Å²) in [4.78, 5) is 6.66. The molecule has 8 heteroatoms. The molecule has 2 aliphatic heterocycles. The number of hydrogen-bond acceptors (Lipinski definition) is 8. The molecule has 1 aromatic carbocycles. The van der Waals surface area contributed by atoms with Crippen molar-refractivity contribution in [1.82, 2.24) is 15.2 Å². The number of aromatic nitrogens is 3. The molecule has 120 valence electrons. The highest BCUT2D eigenvalue weighted by molar-refractivity contribution is 5.46. The minimum atomic E-state index is 0.279. The van der Waals surface area contributed by atoms with Crippen molar-refractivity contribution in [3.63, 3.8) is 0 Å². The molecule has 0 atom stereocenters. The van der Waals surface area contributed by atoms with E-state index < -0.39 is 0 Å². The van der Waals surface area contributed by atoms with Crippen LogP contribution in [0.15, 0.2) is 24.4 Å². The Morgan fingerprint density at radius 3 is 2.91 bits per heavy atom. The van der Waals surface area contributed by atoms with E-state index in [4.69, 9.17) is 14.2 Å². The molecule has 0 saturated carbocycles.